The van der Waals surface area contributed by atoms with Gasteiger partial charge in [0.05, 0.1) is 11.0 Å². The number of fused-ring (bicyclic) bond motifs is 1. The van der Waals surface area contributed by atoms with Gasteiger partial charge in [-0.1, -0.05) is 140 Å². The van der Waals surface area contributed by atoms with Crippen molar-refractivity contribution < 1.29 is 0 Å². The number of hydrogen-bond donors (Lipinski definition) is 0. The van der Waals surface area contributed by atoms with Gasteiger partial charge < -0.3 is 0 Å². The largest absolute Gasteiger partial charge is 0.247 e. The zero-order valence-electron chi connectivity index (χ0n) is 24.0. The fraction of sp³-hybridized carbons (Fsp3) is 0. The van der Waals surface area contributed by atoms with Crippen LogP contribution in [0.1, 0.15) is 0 Å². The molecule has 44 heavy (non-hydrogen) atoms. The highest BCUT2D eigenvalue weighted by atomic mass is 31.2. The lowest BCUT2D eigenvalue weighted by Gasteiger charge is -2.29. The summed E-state index contributed by atoms with van der Waals surface area (Å²) < 4.78 is 0. The van der Waals surface area contributed by atoms with Crippen molar-refractivity contribution in [1.29, 1.82) is 0 Å². The number of aromatic nitrogens is 1. The summed E-state index contributed by atoms with van der Waals surface area (Å²) in [4.78, 5) is 5.41. The Kier molecular flexibility index (Phi) is 4.77. The summed E-state index contributed by atoms with van der Waals surface area (Å²) in [5.74, 6) is 0. The van der Waals surface area contributed by atoms with E-state index >= 15 is 0 Å². The maximum atomic E-state index is 5.41. The molecule has 10 aromatic rings. The molecule has 1 heterocycles. The number of hydrogen-bond acceptors (Lipinski definition) is 1. The molecule has 0 radical (unpaired) electrons. The Labute approximate surface area is 254 Å². The monoisotopic (exact) mass is 575 g/mol. The first-order valence-corrected chi connectivity index (χ1v) is 17.1. The molecule has 0 aliphatic rings. The first-order chi connectivity index (χ1) is 21.7. The van der Waals surface area contributed by atoms with Crippen molar-refractivity contribution in [2.75, 3.05) is 0 Å². The molecule has 0 aliphatic carbocycles. The Hall–Kier alpha value is -5.23. The summed E-state index contributed by atoms with van der Waals surface area (Å²) in [7, 11) is 0. The van der Waals surface area contributed by atoms with Crippen molar-refractivity contribution >= 4 is 105 Å². The SMILES string of the molecule is C=P(c1ccc2ccccc2n1)(c1ccc2ccc3cccc4ccc1c2c34)c1ccc2ccc3cccc4ccc1c2c34. The van der Waals surface area contributed by atoms with Gasteiger partial charge in [-0.15, -0.1) is 0 Å². The number of para-hydroxylation sites is 1. The van der Waals surface area contributed by atoms with E-state index in [4.69, 9.17) is 11.3 Å². The number of pyridine rings is 1. The highest BCUT2D eigenvalue weighted by Crippen LogP contribution is 2.48. The molecule has 1 nitrogen and oxygen atoms in total. The molecule has 0 saturated heterocycles. The quantitative estimate of drug-likeness (QED) is 0.151. The van der Waals surface area contributed by atoms with Crippen LogP contribution in [-0.4, -0.2) is 11.3 Å². The fourth-order valence-electron chi connectivity index (χ4n) is 7.75. The predicted molar refractivity (Wildman–Crippen MR) is 195 cm³/mol. The van der Waals surface area contributed by atoms with Crippen molar-refractivity contribution in [3.63, 3.8) is 0 Å². The molecule has 1 aromatic heterocycles. The van der Waals surface area contributed by atoms with Crippen LogP contribution in [0.4, 0.5) is 0 Å². The van der Waals surface area contributed by atoms with E-state index in [9.17, 15) is 0 Å². The second-order valence-corrected chi connectivity index (χ2v) is 15.1. The van der Waals surface area contributed by atoms with Gasteiger partial charge in [-0.2, -0.15) is 0 Å². The van der Waals surface area contributed by atoms with Crippen LogP contribution < -0.4 is 16.0 Å². The topological polar surface area (TPSA) is 12.9 Å². The molecule has 0 fully saturated rings. The smallest absolute Gasteiger partial charge is 0.0713 e. The van der Waals surface area contributed by atoms with E-state index in [-0.39, 0.29) is 0 Å². The maximum absolute atomic E-state index is 5.41. The lowest BCUT2D eigenvalue weighted by molar-refractivity contribution is 1.48. The average Bonchev–Trinajstić information content (AvgIpc) is 3.09. The van der Waals surface area contributed by atoms with Crippen LogP contribution in [0.2, 0.25) is 0 Å². The maximum Gasteiger partial charge on any atom is 0.0713 e. The molecular weight excluding hydrogens is 549 g/mol. The van der Waals surface area contributed by atoms with Crippen molar-refractivity contribution in [3.8, 4) is 0 Å². The van der Waals surface area contributed by atoms with E-state index < -0.39 is 6.89 Å². The van der Waals surface area contributed by atoms with E-state index in [1.54, 1.807) is 0 Å². The average molecular weight is 576 g/mol. The van der Waals surface area contributed by atoms with Gasteiger partial charge in [0.15, 0.2) is 0 Å². The molecule has 0 aliphatic heterocycles. The number of nitrogens with zero attached hydrogens (tertiary/aromatic N) is 1. The van der Waals surface area contributed by atoms with Crippen molar-refractivity contribution in [1.82, 2.24) is 4.98 Å². The summed E-state index contributed by atoms with van der Waals surface area (Å²) in [5.41, 5.74) is 2.06. The van der Waals surface area contributed by atoms with Crippen molar-refractivity contribution in [3.05, 3.63) is 146 Å². The van der Waals surface area contributed by atoms with Crippen molar-refractivity contribution in [2.24, 2.45) is 0 Å². The second kappa shape index (κ2) is 8.66. The molecule has 10 rings (SSSR count). The summed E-state index contributed by atoms with van der Waals surface area (Å²) in [6.45, 7) is -2.51. The molecule has 2 heteroatoms. The predicted octanol–water partition coefficient (Wildman–Crippen LogP) is 9.76. The lowest BCUT2D eigenvalue weighted by Crippen LogP contribution is -2.28. The zero-order valence-corrected chi connectivity index (χ0v) is 24.9. The van der Waals surface area contributed by atoms with Gasteiger partial charge in [-0.25, -0.2) is 4.98 Å². The van der Waals surface area contributed by atoms with Crippen LogP contribution in [0.3, 0.4) is 0 Å². The Bertz CT molecular complexity index is 2630. The molecule has 9 aromatic carbocycles. The third kappa shape index (κ3) is 3.12. The molecule has 0 unspecified atom stereocenters. The molecule has 204 valence electrons. The van der Waals surface area contributed by atoms with Crippen LogP contribution in [0.15, 0.2) is 146 Å². The van der Waals surface area contributed by atoms with Crippen molar-refractivity contribution in [2.45, 2.75) is 0 Å². The molecular formula is C42H26NP. The highest BCUT2D eigenvalue weighted by molar-refractivity contribution is 7.94. The van der Waals surface area contributed by atoms with E-state index in [0.717, 1.165) is 16.3 Å². The second-order valence-electron chi connectivity index (χ2n) is 12.1. The molecule has 0 bridgehead atoms. The Balaban J connectivity index is 1.39. The molecule has 0 saturated carbocycles. The standard InChI is InChI=1S/C42H26NP/c1-44(38-25-20-26-6-2-3-11-35(26)43-38,36-23-18-31-14-12-27-7-4-9-29-16-21-33(36)41(31)39(27)29)37-24-19-32-15-13-28-8-5-10-30-17-22-34(37)42(32)40(28)30/h2-25H,1H2. The molecule has 0 spiro atoms. The van der Waals surface area contributed by atoms with Gasteiger partial charge in [0, 0.05) is 5.39 Å². The zero-order chi connectivity index (χ0) is 29.0. The van der Waals surface area contributed by atoms with E-state index in [2.05, 4.69) is 146 Å². The van der Waals surface area contributed by atoms with E-state index in [1.807, 2.05) is 0 Å². The minimum atomic E-state index is -2.51. The fourth-order valence-corrected chi connectivity index (χ4v) is 11.0. The van der Waals surface area contributed by atoms with Gasteiger partial charge in [0.1, 0.15) is 0 Å². The van der Waals surface area contributed by atoms with Gasteiger partial charge in [-0.05, 0) is 94.3 Å². The summed E-state index contributed by atoms with van der Waals surface area (Å²) in [6.07, 6.45) is 5.30. The van der Waals surface area contributed by atoms with Crippen LogP contribution in [-0.2, 0) is 0 Å². The normalized spacial score (nSPS) is 12.6. The van der Waals surface area contributed by atoms with Crippen LogP contribution in [0.5, 0.6) is 0 Å². The Morgan fingerprint density at radius 2 is 0.773 bits per heavy atom. The van der Waals surface area contributed by atoms with E-state index in [1.165, 1.54) is 75.2 Å². The van der Waals surface area contributed by atoms with Gasteiger partial charge in [-0.3, -0.25) is 0 Å². The van der Waals surface area contributed by atoms with Gasteiger partial charge in [0.2, 0.25) is 0 Å². The molecule has 0 amide bonds. The van der Waals surface area contributed by atoms with Crippen LogP contribution in [0.25, 0.3) is 75.5 Å². The Morgan fingerprint density at radius 1 is 0.364 bits per heavy atom. The molecule has 0 atom stereocenters. The minimum absolute atomic E-state index is 1.01. The lowest BCUT2D eigenvalue weighted by atomic mass is 9.94. The number of benzene rings is 9. The van der Waals surface area contributed by atoms with Gasteiger partial charge >= 0.3 is 0 Å². The first-order valence-electron chi connectivity index (χ1n) is 15.1. The third-order valence-electron chi connectivity index (χ3n) is 9.81. The highest BCUT2D eigenvalue weighted by Gasteiger charge is 2.29. The number of rotatable bonds is 3. The van der Waals surface area contributed by atoms with Crippen LogP contribution in [0, 0.1) is 0 Å². The summed E-state index contributed by atoms with van der Waals surface area (Å²) in [5, 5.41) is 19.2. The summed E-state index contributed by atoms with van der Waals surface area (Å²) >= 11 is 0. The minimum Gasteiger partial charge on any atom is -0.247 e. The van der Waals surface area contributed by atoms with E-state index in [0.29, 0.717) is 0 Å². The molecule has 0 N–H and O–H groups in total. The Morgan fingerprint density at radius 3 is 1.32 bits per heavy atom. The first kappa shape index (κ1) is 24.2. The van der Waals surface area contributed by atoms with Gasteiger partial charge in [0.25, 0.3) is 0 Å². The van der Waals surface area contributed by atoms with Crippen LogP contribution >= 0.6 is 6.89 Å². The summed E-state index contributed by atoms with van der Waals surface area (Å²) in [6, 6.07) is 53.7. The third-order valence-corrected chi connectivity index (χ3v) is 13.3.